The Morgan fingerprint density at radius 1 is 1.16 bits per heavy atom. The molecule has 0 fully saturated rings. The van der Waals surface area contributed by atoms with Crippen LogP contribution in [0.3, 0.4) is 0 Å². The highest BCUT2D eigenvalue weighted by atomic mass is 35.5. The van der Waals surface area contributed by atoms with E-state index in [9.17, 15) is 28.1 Å². The van der Waals surface area contributed by atoms with Gasteiger partial charge >= 0.3 is 0 Å². The molecule has 14 heteroatoms. The maximum absolute atomic E-state index is 13.6. The first-order valence-electron chi connectivity index (χ1n) is 11.1. The number of nitro benzene ring substituents is 1. The lowest BCUT2D eigenvalue weighted by molar-refractivity contribution is -0.384. The van der Waals surface area contributed by atoms with Gasteiger partial charge in [-0.15, -0.1) is 0 Å². The monoisotopic (exact) mass is 574 g/mol. The Morgan fingerprint density at radius 2 is 1.84 bits per heavy atom. The van der Waals surface area contributed by atoms with Gasteiger partial charge in [0.25, 0.3) is 5.69 Å². The summed E-state index contributed by atoms with van der Waals surface area (Å²) < 4.78 is 31.4. The summed E-state index contributed by atoms with van der Waals surface area (Å²) in [5.74, 6) is -1.16. The van der Waals surface area contributed by atoms with E-state index in [1.165, 1.54) is 25.0 Å². The first-order chi connectivity index (χ1) is 17.3. The van der Waals surface area contributed by atoms with Crippen LogP contribution in [0.4, 0.5) is 11.4 Å². The summed E-state index contributed by atoms with van der Waals surface area (Å²) in [5.41, 5.74) is -0.0290. The third kappa shape index (κ3) is 7.94. The van der Waals surface area contributed by atoms with Crippen LogP contribution in [0.5, 0.6) is 5.75 Å². The van der Waals surface area contributed by atoms with Gasteiger partial charge in [-0.2, -0.15) is 0 Å². The van der Waals surface area contributed by atoms with Crippen LogP contribution in [0.1, 0.15) is 25.8 Å². The van der Waals surface area contributed by atoms with Crippen LogP contribution >= 0.6 is 23.2 Å². The summed E-state index contributed by atoms with van der Waals surface area (Å²) in [4.78, 5) is 38.2. The van der Waals surface area contributed by atoms with Gasteiger partial charge in [0, 0.05) is 25.2 Å². The minimum atomic E-state index is -4.12. The van der Waals surface area contributed by atoms with E-state index < -0.39 is 45.0 Å². The molecule has 0 unspecified atom stereocenters. The molecule has 0 aliphatic rings. The van der Waals surface area contributed by atoms with Crippen LogP contribution in [0.25, 0.3) is 0 Å². The lowest BCUT2D eigenvalue weighted by Gasteiger charge is -2.31. The van der Waals surface area contributed by atoms with E-state index in [1.54, 1.807) is 18.2 Å². The van der Waals surface area contributed by atoms with E-state index in [4.69, 9.17) is 27.9 Å². The lowest BCUT2D eigenvalue weighted by atomic mass is 10.1. The van der Waals surface area contributed by atoms with Crippen molar-refractivity contribution in [1.29, 1.82) is 0 Å². The summed E-state index contributed by atoms with van der Waals surface area (Å²) in [6.07, 6.45) is 1.53. The Labute approximate surface area is 225 Å². The number of carbonyl (C=O) groups is 2. The zero-order valence-corrected chi connectivity index (χ0v) is 23.1. The van der Waals surface area contributed by atoms with E-state index >= 15 is 0 Å². The Bertz CT molecular complexity index is 1270. The molecule has 2 amide bonds. The van der Waals surface area contributed by atoms with Crippen molar-refractivity contribution in [2.75, 3.05) is 30.8 Å². The SMILES string of the molecule is CCCNC(=O)[C@@H](C)N(Cc1ccc(Cl)c(Cl)c1)C(=O)CN(c1cc([N+](=O)[O-])ccc1OC)S(C)(=O)=O. The summed E-state index contributed by atoms with van der Waals surface area (Å²) in [7, 11) is -2.86. The van der Waals surface area contributed by atoms with Gasteiger partial charge in [0.2, 0.25) is 21.8 Å². The van der Waals surface area contributed by atoms with E-state index in [2.05, 4.69) is 5.32 Å². The van der Waals surface area contributed by atoms with Crippen molar-refractivity contribution in [3.8, 4) is 5.75 Å². The molecule has 202 valence electrons. The van der Waals surface area contributed by atoms with E-state index in [-0.39, 0.29) is 23.0 Å². The fourth-order valence-electron chi connectivity index (χ4n) is 3.39. The fourth-order valence-corrected chi connectivity index (χ4v) is 4.56. The minimum Gasteiger partial charge on any atom is -0.495 e. The van der Waals surface area contributed by atoms with Crippen molar-refractivity contribution in [2.45, 2.75) is 32.9 Å². The molecule has 0 heterocycles. The molecule has 0 radical (unpaired) electrons. The van der Waals surface area contributed by atoms with Crippen LogP contribution in [0.2, 0.25) is 10.0 Å². The molecule has 2 aromatic carbocycles. The Kier molecular flexibility index (Phi) is 10.5. The number of non-ortho nitro benzene ring substituents is 1. The third-order valence-corrected chi connectivity index (χ3v) is 7.24. The summed E-state index contributed by atoms with van der Waals surface area (Å²) >= 11 is 12.1. The normalized spacial score (nSPS) is 11.9. The minimum absolute atomic E-state index is 0.00796. The van der Waals surface area contributed by atoms with Crippen molar-refractivity contribution in [3.63, 3.8) is 0 Å². The van der Waals surface area contributed by atoms with Gasteiger partial charge in [0.05, 0.1) is 28.3 Å². The molecule has 0 saturated heterocycles. The molecule has 1 N–H and O–H groups in total. The number of anilines is 1. The Morgan fingerprint density at radius 3 is 2.38 bits per heavy atom. The molecule has 37 heavy (non-hydrogen) atoms. The van der Waals surface area contributed by atoms with Gasteiger partial charge in [-0.05, 0) is 37.1 Å². The molecule has 11 nitrogen and oxygen atoms in total. The average molecular weight is 575 g/mol. The molecule has 2 aromatic rings. The summed E-state index contributed by atoms with van der Waals surface area (Å²) in [6, 6.07) is 7.13. The quantitative estimate of drug-likeness (QED) is 0.301. The van der Waals surface area contributed by atoms with Crippen LogP contribution in [0.15, 0.2) is 36.4 Å². The number of methoxy groups -OCH3 is 1. The van der Waals surface area contributed by atoms with E-state index in [1.807, 2.05) is 6.92 Å². The van der Waals surface area contributed by atoms with Crippen molar-refractivity contribution in [3.05, 3.63) is 62.1 Å². The van der Waals surface area contributed by atoms with Crippen molar-refractivity contribution < 1.29 is 27.7 Å². The zero-order chi connectivity index (χ0) is 27.9. The molecule has 0 spiro atoms. The van der Waals surface area contributed by atoms with Crippen molar-refractivity contribution >= 4 is 56.4 Å². The number of nitro groups is 1. The predicted molar refractivity (Wildman–Crippen MR) is 142 cm³/mol. The molecule has 0 aliphatic heterocycles. The number of halogens is 2. The highest BCUT2D eigenvalue weighted by molar-refractivity contribution is 7.92. The van der Waals surface area contributed by atoms with Crippen LogP contribution in [-0.2, 0) is 26.2 Å². The zero-order valence-electron chi connectivity index (χ0n) is 20.7. The number of amides is 2. The number of nitrogens with zero attached hydrogens (tertiary/aromatic N) is 3. The molecular weight excluding hydrogens is 547 g/mol. The second-order valence-electron chi connectivity index (χ2n) is 8.12. The molecular formula is C23H28Cl2N4O7S. The van der Waals surface area contributed by atoms with Crippen molar-refractivity contribution in [2.24, 2.45) is 0 Å². The van der Waals surface area contributed by atoms with Gasteiger partial charge in [0.1, 0.15) is 24.0 Å². The maximum Gasteiger partial charge on any atom is 0.271 e. The molecule has 0 aromatic heterocycles. The van der Waals surface area contributed by atoms with E-state index in [0.29, 0.717) is 27.9 Å². The number of nitrogens with one attached hydrogen (secondary N) is 1. The molecule has 0 aliphatic carbocycles. The standard InChI is InChI=1S/C23H28Cl2N4O7S/c1-5-10-26-23(31)15(2)27(13-16-6-8-18(24)19(25)11-16)22(30)14-28(37(4,34)35)20-12-17(29(32)33)7-9-21(20)36-3/h6-9,11-12,15H,5,10,13-14H2,1-4H3,(H,26,31)/t15-/m1/s1. The topological polar surface area (TPSA) is 139 Å². The summed E-state index contributed by atoms with van der Waals surface area (Å²) in [6.45, 7) is 2.95. The second-order valence-corrected chi connectivity index (χ2v) is 10.8. The van der Waals surface area contributed by atoms with Crippen LogP contribution < -0.4 is 14.4 Å². The maximum atomic E-state index is 13.6. The number of sulfonamides is 1. The van der Waals surface area contributed by atoms with Crippen molar-refractivity contribution in [1.82, 2.24) is 10.2 Å². The first-order valence-corrected chi connectivity index (χ1v) is 13.7. The largest absolute Gasteiger partial charge is 0.495 e. The number of carbonyl (C=O) groups excluding carboxylic acids is 2. The molecule has 0 bridgehead atoms. The highest BCUT2D eigenvalue weighted by Gasteiger charge is 2.32. The Balaban J connectivity index is 2.52. The van der Waals surface area contributed by atoms with E-state index in [0.717, 1.165) is 18.4 Å². The lowest BCUT2D eigenvalue weighted by Crippen LogP contribution is -2.51. The molecule has 0 saturated carbocycles. The number of ether oxygens (including phenoxy) is 1. The number of benzene rings is 2. The predicted octanol–water partition coefficient (Wildman–Crippen LogP) is 3.62. The number of hydrogen-bond donors (Lipinski definition) is 1. The Hall–Kier alpha value is -3.09. The van der Waals surface area contributed by atoms with Crippen LogP contribution in [-0.4, -0.2) is 62.6 Å². The average Bonchev–Trinajstić information content (AvgIpc) is 2.84. The smallest absolute Gasteiger partial charge is 0.271 e. The highest BCUT2D eigenvalue weighted by Crippen LogP contribution is 2.34. The molecule has 2 rings (SSSR count). The van der Waals surface area contributed by atoms with Crippen LogP contribution in [0, 0.1) is 10.1 Å². The van der Waals surface area contributed by atoms with Gasteiger partial charge in [-0.1, -0.05) is 36.2 Å². The van der Waals surface area contributed by atoms with Gasteiger partial charge in [0.15, 0.2) is 0 Å². The number of rotatable bonds is 12. The first kappa shape index (κ1) is 30.1. The summed E-state index contributed by atoms with van der Waals surface area (Å²) in [5, 5.41) is 14.6. The fraction of sp³-hybridized carbons (Fsp3) is 0.391. The van der Waals surface area contributed by atoms with Gasteiger partial charge in [-0.3, -0.25) is 24.0 Å². The number of hydrogen-bond acceptors (Lipinski definition) is 7. The van der Waals surface area contributed by atoms with Gasteiger partial charge < -0.3 is 15.0 Å². The second kappa shape index (κ2) is 12.9. The van der Waals surface area contributed by atoms with Gasteiger partial charge in [-0.25, -0.2) is 8.42 Å². The third-order valence-electron chi connectivity index (χ3n) is 5.37. The molecule has 1 atom stereocenters.